The van der Waals surface area contributed by atoms with Crippen LogP contribution in [0.3, 0.4) is 0 Å². The first-order valence-electron chi connectivity index (χ1n) is 4.96. The summed E-state index contributed by atoms with van der Waals surface area (Å²) in [6, 6.07) is 0. The van der Waals surface area contributed by atoms with Gasteiger partial charge in [0.15, 0.2) is 9.84 Å². The molecule has 1 N–H and O–H groups in total. The van der Waals surface area contributed by atoms with Crippen molar-refractivity contribution in [1.29, 1.82) is 0 Å². The second-order valence-electron chi connectivity index (χ2n) is 4.41. The second kappa shape index (κ2) is 2.95. The summed E-state index contributed by atoms with van der Waals surface area (Å²) in [5.41, 5.74) is -0.616. The quantitative estimate of drug-likeness (QED) is 0.726. The number of hydrogen-bond donors (Lipinski definition) is 1. The molecule has 0 radical (unpaired) electrons. The number of rotatable bonds is 2. The zero-order valence-electron chi connectivity index (χ0n) is 7.70. The molecule has 3 nitrogen and oxygen atoms in total. The summed E-state index contributed by atoms with van der Waals surface area (Å²) in [5, 5.41) is 9.39. The molecule has 1 heterocycles. The molecule has 0 amide bonds. The van der Waals surface area contributed by atoms with Crippen LogP contribution in [0.2, 0.25) is 0 Å². The van der Waals surface area contributed by atoms with Crippen molar-refractivity contribution < 1.29 is 13.5 Å². The van der Waals surface area contributed by atoms with Crippen LogP contribution in [0.1, 0.15) is 38.5 Å². The van der Waals surface area contributed by atoms with Gasteiger partial charge in [0.2, 0.25) is 0 Å². The van der Waals surface area contributed by atoms with Gasteiger partial charge in [0.05, 0.1) is 16.6 Å². The predicted octanol–water partition coefficient (Wildman–Crippen LogP) is 0.869. The van der Waals surface area contributed by atoms with Gasteiger partial charge in [0, 0.05) is 0 Å². The van der Waals surface area contributed by atoms with E-state index in [1.54, 1.807) is 0 Å². The van der Waals surface area contributed by atoms with E-state index in [4.69, 9.17) is 0 Å². The van der Waals surface area contributed by atoms with Crippen molar-refractivity contribution >= 4 is 9.84 Å². The van der Waals surface area contributed by atoms with E-state index in [0.29, 0.717) is 12.2 Å². The molecule has 0 aromatic rings. The Morgan fingerprint density at radius 3 is 2.54 bits per heavy atom. The van der Waals surface area contributed by atoms with Crippen LogP contribution >= 0.6 is 0 Å². The molecule has 0 spiro atoms. The average molecular weight is 204 g/mol. The fourth-order valence-corrected chi connectivity index (χ4v) is 4.05. The smallest absolute Gasteiger partial charge is 0.153 e. The summed E-state index contributed by atoms with van der Waals surface area (Å²) in [6.07, 6.45) is 4.62. The zero-order chi connectivity index (χ0) is 9.53. The van der Waals surface area contributed by atoms with Gasteiger partial charge in [-0.3, -0.25) is 0 Å². The van der Waals surface area contributed by atoms with Crippen molar-refractivity contribution in [2.24, 2.45) is 0 Å². The summed E-state index contributed by atoms with van der Waals surface area (Å²) in [7, 11) is -2.88. The van der Waals surface area contributed by atoms with Gasteiger partial charge in [-0.2, -0.15) is 0 Å². The highest BCUT2D eigenvalue weighted by molar-refractivity contribution is 7.92. The van der Waals surface area contributed by atoms with Gasteiger partial charge >= 0.3 is 0 Å². The standard InChI is InChI=1S/C9H16O3S/c10-9(4-5-9)7-8-3-1-2-6-13(8,11)12/h8,10H,1-7H2. The lowest BCUT2D eigenvalue weighted by molar-refractivity contribution is 0.136. The predicted molar refractivity (Wildman–Crippen MR) is 50.2 cm³/mol. The SMILES string of the molecule is O=S1(=O)CCCCC1CC1(O)CC1. The minimum atomic E-state index is -2.88. The van der Waals surface area contributed by atoms with Crippen LogP contribution in [0.4, 0.5) is 0 Å². The Morgan fingerprint density at radius 2 is 2.00 bits per heavy atom. The molecule has 2 rings (SSSR count). The highest BCUT2D eigenvalue weighted by Crippen LogP contribution is 2.42. The lowest BCUT2D eigenvalue weighted by Gasteiger charge is -2.24. The first-order valence-corrected chi connectivity index (χ1v) is 6.67. The van der Waals surface area contributed by atoms with E-state index < -0.39 is 15.4 Å². The van der Waals surface area contributed by atoms with Gasteiger partial charge in [-0.1, -0.05) is 6.42 Å². The maximum atomic E-state index is 11.6. The lowest BCUT2D eigenvalue weighted by Crippen LogP contribution is -2.32. The molecule has 0 bridgehead atoms. The molecule has 1 aliphatic carbocycles. The molecule has 1 saturated heterocycles. The van der Waals surface area contributed by atoms with E-state index in [-0.39, 0.29) is 5.25 Å². The first-order chi connectivity index (χ1) is 6.02. The van der Waals surface area contributed by atoms with Gasteiger partial charge in [-0.05, 0) is 32.1 Å². The fourth-order valence-electron chi connectivity index (χ4n) is 2.02. The molecule has 0 aromatic heterocycles. The Hall–Kier alpha value is -0.0900. The minimum absolute atomic E-state index is 0.256. The van der Waals surface area contributed by atoms with Crippen LogP contribution in [-0.4, -0.2) is 30.1 Å². The Kier molecular flexibility index (Phi) is 2.15. The molecule has 2 aliphatic rings. The molecule has 4 heteroatoms. The topological polar surface area (TPSA) is 54.4 Å². The molecular weight excluding hydrogens is 188 g/mol. The number of sulfone groups is 1. The monoisotopic (exact) mass is 204 g/mol. The third-order valence-corrected chi connectivity index (χ3v) is 5.42. The first kappa shape index (κ1) is 9.46. The largest absolute Gasteiger partial charge is 0.390 e. The van der Waals surface area contributed by atoms with Crippen molar-refractivity contribution in [3.05, 3.63) is 0 Å². The number of hydrogen-bond acceptors (Lipinski definition) is 3. The summed E-state index contributed by atoms with van der Waals surface area (Å²) >= 11 is 0. The normalized spacial score (nSPS) is 35.6. The van der Waals surface area contributed by atoms with Crippen molar-refractivity contribution in [3.63, 3.8) is 0 Å². The van der Waals surface area contributed by atoms with E-state index in [9.17, 15) is 13.5 Å². The summed E-state index contributed by atoms with van der Waals surface area (Å²) in [6.45, 7) is 0. The molecule has 1 saturated carbocycles. The molecule has 1 unspecified atom stereocenters. The highest BCUT2D eigenvalue weighted by Gasteiger charge is 2.45. The molecule has 0 aromatic carbocycles. The zero-order valence-corrected chi connectivity index (χ0v) is 8.52. The maximum absolute atomic E-state index is 11.6. The lowest BCUT2D eigenvalue weighted by atomic mass is 10.1. The van der Waals surface area contributed by atoms with E-state index in [0.717, 1.165) is 32.1 Å². The van der Waals surface area contributed by atoms with Crippen LogP contribution in [0, 0.1) is 0 Å². The van der Waals surface area contributed by atoms with Crippen molar-refractivity contribution in [2.45, 2.75) is 49.4 Å². The third kappa shape index (κ3) is 2.05. The second-order valence-corrected chi connectivity index (χ2v) is 6.81. The number of aliphatic hydroxyl groups is 1. The molecule has 76 valence electrons. The summed E-state index contributed by atoms with van der Waals surface area (Å²) in [5.74, 6) is 0.327. The maximum Gasteiger partial charge on any atom is 0.153 e. The Balaban J connectivity index is 2.04. The van der Waals surface area contributed by atoms with Gasteiger partial charge in [0.1, 0.15) is 0 Å². The van der Waals surface area contributed by atoms with Crippen molar-refractivity contribution in [2.75, 3.05) is 5.75 Å². The van der Waals surface area contributed by atoms with E-state index in [1.165, 1.54) is 0 Å². The van der Waals surface area contributed by atoms with Crippen molar-refractivity contribution in [3.8, 4) is 0 Å². The van der Waals surface area contributed by atoms with Crippen molar-refractivity contribution in [1.82, 2.24) is 0 Å². The van der Waals surface area contributed by atoms with Gasteiger partial charge in [0.25, 0.3) is 0 Å². The minimum Gasteiger partial charge on any atom is -0.390 e. The highest BCUT2D eigenvalue weighted by atomic mass is 32.2. The van der Waals surface area contributed by atoms with Gasteiger partial charge in [-0.15, -0.1) is 0 Å². The molecule has 13 heavy (non-hydrogen) atoms. The summed E-state index contributed by atoms with van der Waals surface area (Å²) in [4.78, 5) is 0. The molecule has 1 atom stereocenters. The molecule has 2 fully saturated rings. The fraction of sp³-hybridized carbons (Fsp3) is 1.00. The van der Waals surface area contributed by atoms with Crippen LogP contribution in [0.25, 0.3) is 0 Å². The third-order valence-electron chi connectivity index (χ3n) is 3.15. The average Bonchev–Trinajstić information content (AvgIpc) is 2.74. The van der Waals surface area contributed by atoms with Crippen LogP contribution < -0.4 is 0 Å². The summed E-state index contributed by atoms with van der Waals surface area (Å²) < 4.78 is 23.2. The Bertz CT molecular complexity index is 290. The van der Waals surface area contributed by atoms with Crippen LogP contribution in [0.5, 0.6) is 0 Å². The van der Waals surface area contributed by atoms with E-state index in [2.05, 4.69) is 0 Å². The van der Waals surface area contributed by atoms with E-state index >= 15 is 0 Å². The molecule has 1 aliphatic heterocycles. The van der Waals surface area contributed by atoms with Crippen LogP contribution in [0.15, 0.2) is 0 Å². The van der Waals surface area contributed by atoms with E-state index in [1.807, 2.05) is 0 Å². The van der Waals surface area contributed by atoms with Crippen LogP contribution in [-0.2, 0) is 9.84 Å². The molecular formula is C9H16O3S. The Morgan fingerprint density at radius 1 is 1.31 bits per heavy atom. The van der Waals surface area contributed by atoms with Gasteiger partial charge < -0.3 is 5.11 Å². The van der Waals surface area contributed by atoms with Gasteiger partial charge in [-0.25, -0.2) is 8.42 Å². The Labute approximate surface area is 79.1 Å².